The van der Waals surface area contributed by atoms with E-state index in [1.165, 1.54) is 11.3 Å². The van der Waals surface area contributed by atoms with E-state index in [0.717, 1.165) is 15.8 Å². The second kappa shape index (κ2) is 8.51. The maximum Gasteiger partial charge on any atom is 0.268 e. The van der Waals surface area contributed by atoms with Crippen LogP contribution in [0.5, 0.6) is 0 Å². The van der Waals surface area contributed by atoms with E-state index in [1.54, 1.807) is 6.07 Å². The smallest absolute Gasteiger partial charge is 0.268 e. The van der Waals surface area contributed by atoms with Gasteiger partial charge >= 0.3 is 0 Å². The maximum absolute atomic E-state index is 12.9. The van der Waals surface area contributed by atoms with Gasteiger partial charge in [-0.25, -0.2) is 0 Å². The van der Waals surface area contributed by atoms with Gasteiger partial charge in [-0.2, -0.15) is 0 Å². The van der Waals surface area contributed by atoms with Crippen molar-refractivity contribution in [2.45, 2.75) is 31.0 Å². The van der Waals surface area contributed by atoms with Gasteiger partial charge in [-0.05, 0) is 23.6 Å². The molecule has 3 unspecified atom stereocenters. The second-order valence-corrected chi connectivity index (χ2v) is 9.39. The van der Waals surface area contributed by atoms with Crippen LogP contribution < -0.4 is 22.1 Å². The Morgan fingerprint density at radius 1 is 1.23 bits per heavy atom. The van der Waals surface area contributed by atoms with Crippen molar-refractivity contribution in [3.63, 3.8) is 0 Å². The number of carbonyl (C=O) groups excluding carboxylic acids is 3. The first-order valence-corrected chi connectivity index (χ1v) is 11.0. The standard InChI is InChI=1S/C20H19Cl2N5O3S/c21-15-17-13(31-18(15)22)7-12(25-17)20(30)26-11-5-8-3-1-2-4-9(8)16(11)27-14(28)6-10(23)19(24)29/h1-4,7,10-11,16,25H,5-6,23H2,(H2,24,29)(H,26,30)(H,27,28). The van der Waals surface area contributed by atoms with Crippen LogP contribution in [0, 0.1) is 0 Å². The van der Waals surface area contributed by atoms with Crippen molar-refractivity contribution in [1.82, 2.24) is 15.6 Å². The van der Waals surface area contributed by atoms with Gasteiger partial charge in [0.25, 0.3) is 5.91 Å². The summed E-state index contributed by atoms with van der Waals surface area (Å²) in [4.78, 5) is 39.5. The van der Waals surface area contributed by atoms with Gasteiger partial charge in [0.15, 0.2) is 0 Å². The molecule has 2 aromatic heterocycles. The minimum Gasteiger partial charge on any atom is -0.368 e. The lowest BCUT2D eigenvalue weighted by atomic mass is 10.1. The Labute approximate surface area is 191 Å². The summed E-state index contributed by atoms with van der Waals surface area (Å²) < 4.78 is 1.23. The summed E-state index contributed by atoms with van der Waals surface area (Å²) in [6, 6.07) is 7.36. The number of aromatic nitrogens is 1. The lowest BCUT2D eigenvalue weighted by molar-refractivity contribution is -0.126. The average molecular weight is 480 g/mol. The zero-order valence-electron chi connectivity index (χ0n) is 16.1. The highest BCUT2D eigenvalue weighted by Gasteiger charge is 2.35. The molecule has 0 saturated carbocycles. The normalized spacial score (nSPS) is 18.5. The van der Waals surface area contributed by atoms with E-state index in [4.69, 9.17) is 34.7 Å². The fourth-order valence-corrected chi connectivity index (χ4v) is 5.21. The highest BCUT2D eigenvalue weighted by atomic mass is 35.5. The number of nitrogens with one attached hydrogen (secondary N) is 3. The van der Waals surface area contributed by atoms with Crippen molar-refractivity contribution in [2.75, 3.05) is 0 Å². The van der Waals surface area contributed by atoms with Gasteiger partial charge < -0.3 is 27.1 Å². The molecule has 162 valence electrons. The van der Waals surface area contributed by atoms with Gasteiger partial charge in [-0.15, -0.1) is 11.3 Å². The predicted octanol–water partition coefficient (Wildman–Crippen LogP) is 2.25. The van der Waals surface area contributed by atoms with Gasteiger partial charge in [0.05, 0.1) is 39.8 Å². The van der Waals surface area contributed by atoms with Crippen LogP contribution >= 0.6 is 34.5 Å². The molecule has 0 saturated heterocycles. The monoisotopic (exact) mass is 479 g/mol. The Kier molecular flexibility index (Phi) is 5.94. The van der Waals surface area contributed by atoms with Gasteiger partial charge in [0.1, 0.15) is 10.0 Å². The predicted molar refractivity (Wildman–Crippen MR) is 120 cm³/mol. The number of benzene rings is 1. The summed E-state index contributed by atoms with van der Waals surface area (Å²) in [5, 5.41) is 6.24. The van der Waals surface area contributed by atoms with Crippen molar-refractivity contribution in [2.24, 2.45) is 11.5 Å². The molecule has 0 radical (unpaired) electrons. The van der Waals surface area contributed by atoms with E-state index in [9.17, 15) is 14.4 Å². The molecule has 3 aromatic rings. The molecule has 0 spiro atoms. The van der Waals surface area contributed by atoms with Crippen LogP contribution in [0.2, 0.25) is 9.36 Å². The maximum atomic E-state index is 12.9. The first-order valence-electron chi connectivity index (χ1n) is 9.44. The van der Waals surface area contributed by atoms with Gasteiger partial charge in [-0.3, -0.25) is 14.4 Å². The third-order valence-electron chi connectivity index (χ3n) is 5.25. The Hall–Kier alpha value is -2.59. The lowest BCUT2D eigenvalue weighted by Gasteiger charge is -2.23. The fourth-order valence-electron chi connectivity index (χ4n) is 3.73. The van der Waals surface area contributed by atoms with Crippen LogP contribution in [0.3, 0.4) is 0 Å². The number of hydrogen-bond acceptors (Lipinski definition) is 5. The number of H-pyrrole nitrogens is 1. The van der Waals surface area contributed by atoms with Crippen LogP contribution in [0.15, 0.2) is 30.3 Å². The molecule has 4 rings (SSSR count). The van der Waals surface area contributed by atoms with Gasteiger partial charge in [-0.1, -0.05) is 47.5 Å². The lowest BCUT2D eigenvalue weighted by Crippen LogP contribution is -2.46. The van der Waals surface area contributed by atoms with Crippen molar-refractivity contribution in [1.29, 1.82) is 0 Å². The number of primary amides is 1. The highest BCUT2D eigenvalue weighted by molar-refractivity contribution is 7.23. The molecule has 1 aliphatic carbocycles. The first-order chi connectivity index (χ1) is 14.7. The molecule has 31 heavy (non-hydrogen) atoms. The SMILES string of the molecule is NC(=O)C(N)CC(=O)NC1c2ccccc2CC1NC(=O)c1cc2sc(Cl)c(Cl)c2[nH]1. The number of nitrogens with two attached hydrogens (primary N) is 2. The summed E-state index contributed by atoms with van der Waals surface area (Å²) in [5.74, 6) is -1.51. The van der Waals surface area contributed by atoms with Gasteiger partial charge in [0, 0.05) is 0 Å². The minimum absolute atomic E-state index is 0.235. The van der Waals surface area contributed by atoms with Crippen LogP contribution in [0.1, 0.15) is 34.1 Å². The number of aromatic amines is 1. The second-order valence-electron chi connectivity index (χ2n) is 7.35. The molecular formula is C20H19Cl2N5O3S. The van der Waals surface area contributed by atoms with E-state index >= 15 is 0 Å². The van der Waals surface area contributed by atoms with Crippen molar-refractivity contribution >= 4 is 62.5 Å². The molecule has 0 bridgehead atoms. The van der Waals surface area contributed by atoms with E-state index in [2.05, 4.69) is 15.6 Å². The number of carbonyl (C=O) groups is 3. The van der Waals surface area contributed by atoms with Gasteiger partial charge in [0.2, 0.25) is 11.8 Å². The molecular weight excluding hydrogens is 461 g/mol. The number of hydrogen-bond donors (Lipinski definition) is 5. The third-order valence-corrected chi connectivity index (χ3v) is 7.19. The number of amides is 3. The largest absolute Gasteiger partial charge is 0.368 e. The Bertz CT molecular complexity index is 1190. The molecule has 1 aliphatic rings. The quantitative estimate of drug-likeness (QED) is 0.369. The summed E-state index contributed by atoms with van der Waals surface area (Å²) in [6.45, 7) is 0. The highest BCUT2D eigenvalue weighted by Crippen LogP contribution is 2.39. The topological polar surface area (TPSA) is 143 Å². The molecule has 0 fully saturated rings. The average Bonchev–Trinajstić information content (AvgIpc) is 3.36. The summed E-state index contributed by atoms with van der Waals surface area (Å²) in [7, 11) is 0. The summed E-state index contributed by atoms with van der Waals surface area (Å²) in [5.41, 5.74) is 13.6. The third kappa shape index (κ3) is 4.27. The van der Waals surface area contributed by atoms with Crippen molar-refractivity contribution in [3.8, 4) is 0 Å². The fraction of sp³-hybridized carbons (Fsp3) is 0.250. The molecule has 1 aromatic carbocycles. The zero-order chi connectivity index (χ0) is 22.3. The number of halogens is 2. The molecule has 8 nitrogen and oxygen atoms in total. The van der Waals surface area contributed by atoms with Crippen LogP contribution in [0.4, 0.5) is 0 Å². The summed E-state index contributed by atoms with van der Waals surface area (Å²) >= 11 is 13.5. The van der Waals surface area contributed by atoms with Crippen LogP contribution in [-0.4, -0.2) is 34.8 Å². The van der Waals surface area contributed by atoms with E-state index in [0.29, 0.717) is 27.0 Å². The molecule has 3 atom stereocenters. The van der Waals surface area contributed by atoms with E-state index < -0.39 is 23.9 Å². The first kappa shape index (κ1) is 21.6. The minimum atomic E-state index is -1.08. The summed E-state index contributed by atoms with van der Waals surface area (Å²) in [6.07, 6.45) is 0.303. The number of thiophene rings is 1. The molecule has 2 heterocycles. The Balaban J connectivity index is 1.53. The van der Waals surface area contributed by atoms with E-state index in [1.807, 2.05) is 24.3 Å². The van der Waals surface area contributed by atoms with Crippen LogP contribution in [-0.2, 0) is 16.0 Å². The Morgan fingerprint density at radius 2 is 1.97 bits per heavy atom. The van der Waals surface area contributed by atoms with E-state index in [-0.39, 0.29) is 18.4 Å². The molecule has 11 heteroatoms. The van der Waals surface area contributed by atoms with Crippen molar-refractivity contribution < 1.29 is 14.4 Å². The number of rotatable bonds is 6. The van der Waals surface area contributed by atoms with Crippen LogP contribution in [0.25, 0.3) is 10.2 Å². The molecule has 3 amide bonds. The van der Waals surface area contributed by atoms with Crippen molar-refractivity contribution in [3.05, 3.63) is 56.5 Å². The molecule has 7 N–H and O–H groups in total. The number of fused-ring (bicyclic) bond motifs is 2. The zero-order valence-corrected chi connectivity index (χ0v) is 18.4. The Morgan fingerprint density at radius 3 is 2.68 bits per heavy atom. The molecule has 0 aliphatic heterocycles.